The van der Waals surface area contributed by atoms with E-state index in [9.17, 15) is 14.5 Å². The molecule has 0 spiro atoms. The lowest BCUT2D eigenvalue weighted by molar-refractivity contribution is -0.385. The maximum atomic E-state index is 13.0. The fourth-order valence-electron chi connectivity index (χ4n) is 1.68. The van der Waals surface area contributed by atoms with Gasteiger partial charge in [-0.15, -0.1) is 0 Å². The van der Waals surface area contributed by atoms with Crippen LogP contribution in [0, 0.1) is 19.5 Å². The van der Waals surface area contributed by atoms with E-state index in [1.807, 2.05) is 22.6 Å². The first-order chi connectivity index (χ1) is 9.47. The van der Waals surface area contributed by atoms with E-state index in [1.54, 1.807) is 18.2 Å². The molecule has 2 rings (SSSR count). The number of nitrogens with zero attached hydrogens (tertiary/aromatic N) is 1. The molecule has 1 N–H and O–H groups in total. The van der Waals surface area contributed by atoms with Crippen LogP contribution in [0.5, 0.6) is 0 Å². The maximum absolute atomic E-state index is 13.0. The van der Waals surface area contributed by atoms with Gasteiger partial charge in [-0.2, -0.15) is 0 Å². The highest BCUT2D eigenvalue weighted by atomic mass is 127. The standard InChI is InChI=1S/C13H9BrFIN2O2/c14-9-2-1-8(13(5-9)18(19)20)7-17-12-4-3-10(15)6-11(12)16/h1-6,17H,7H2. The van der Waals surface area contributed by atoms with Crippen LogP contribution in [-0.2, 0) is 6.54 Å². The average molecular weight is 451 g/mol. The molecule has 0 heterocycles. The molecular weight excluding hydrogens is 442 g/mol. The van der Waals surface area contributed by atoms with E-state index < -0.39 is 4.92 Å². The second kappa shape index (κ2) is 6.49. The van der Waals surface area contributed by atoms with Crippen LogP contribution < -0.4 is 5.32 Å². The molecule has 0 unspecified atom stereocenters. The third kappa shape index (κ3) is 3.66. The first-order valence-electron chi connectivity index (χ1n) is 5.59. The lowest BCUT2D eigenvalue weighted by Gasteiger charge is -2.09. The van der Waals surface area contributed by atoms with Gasteiger partial charge >= 0.3 is 0 Å². The predicted octanol–water partition coefficient (Wildman–Crippen LogP) is 4.71. The van der Waals surface area contributed by atoms with Crippen LogP contribution in [0.3, 0.4) is 0 Å². The molecule has 0 bridgehead atoms. The van der Waals surface area contributed by atoms with Crippen LogP contribution in [0.1, 0.15) is 5.56 Å². The predicted molar refractivity (Wildman–Crippen MR) is 87.2 cm³/mol. The Kier molecular flexibility index (Phi) is 4.92. The Balaban J connectivity index is 2.20. The lowest BCUT2D eigenvalue weighted by Crippen LogP contribution is -2.04. The van der Waals surface area contributed by atoms with Crippen molar-refractivity contribution in [3.05, 3.63) is 65.9 Å². The molecule has 0 atom stereocenters. The van der Waals surface area contributed by atoms with Crippen molar-refractivity contribution >= 4 is 49.9 Å². The summed E-state index contributed by atoms with van der Waals surface area (Å²) in [5.41, 5.74) is 1.35. The number of benzene rings is 2. The van der Waals surface area contributed by atoms with E-state index in [4.69, 9.17) is 0 Å². The number of hydrogen-bond donors (Lipinski definition) is 1. The number of hydrogen-bond acceptors (Lipinski definition) is 3. The molecule has 4 nitrogen and oxygen atoms in total. The molecule has 0 saturated carbocycles. The Morgan fingerprint density at radius 1 is 1.30 bits per heavy atom. The van der Waals surface area contributed by atoms with Gasteiger partial charge in [-0.3, -0.25) is 10.1 Å². The number of halogens is 3. The smallest absolute Gasteiger partial charge is 0.275 e. The zero-order valence-corrected chi connectivity index (χ0v) is 13.8. The fourth-order valence-corrected chi connectivity index (χ4v) is 2.70. The summed E-state index contributed by atoms with van der Waals surface area (Å²) in [6.45, 7) is 0.297. The van der Waals surface area contributed by atoms with E-state index in [2.05, 4.69) is 21.2 Å². The van der Waals surface area contributed by atoms with Crippen LogP contribution in [0.4, 0.5) is 15.8 Å². The minimum Gasteiger partial charge on any atom is -0.380 e. The van der Waals surface area contributed by atoms with Crippen molar-refractivity contribution in [3.8, 4) is 0 Å². The topological polar surface area (TPSA) is 55.2 Å². The maximum Gasteiger partial charge on any atom is 0.275 e. The number of rotatable bonds is 4. The molecule has 0 amide bonds. The van der Waals surface area contributed by atoms with E-state index >= 15 is 0 Å². The number of nitrogens with one attached hydrogen (secondary N) is 1. The van der Waals surface area contributed by atoms with Crippen LogP contribution >= 0.6 is 38.5 Å². The van der Waals surface area contributed by atoms with Crippen molar-refractivity contribution in [2.45, 2.75) is 6.54 Å². The number of nitro benzene ring substituents is 1. The number of anilines is 1. The summed E-state index contributed by atoms with van der Waals surface area (Å²) in [6.07, 6.45) is 0. The zero-order valence-electron chi connectivity index (χ0n) is 10.1. The summed E-state index contributed by atoms with van der Waals surface area (Å²) in [5.74, 6) is -0.311. The highest BCUT2D eigenvalue weighted by Crippen LogP contribution is 2.25. The molecule has 104 valence electrons. The molecule has 0 aromatic heterocycles. The summed E-state index contributed by atoms with van der Waals surface area (Å²) in [4.78, 5) is 10.6. The third-order valence-corrected chi connectivity index (χ3v) is 4.03. The van der Waals surface area contributed by atoms with E-state index in [1.165, 1.54) is 18.2 Å². The third-order valence-electron chi connectivity index (χ3n) is 2.64. The Hall–Kier alpha value is -1.22. The van der Waals surface area contributed by atoms with Gasteiger partial charge in [0.25, 0.3) is 5.69 Å². The summed E-state index contributed by atoms with van der Waals surface area (Å²) in [5, 5.41) is 14.1. The molecule has 0 aliphatic rings. The Morgan fingerprint density at radius 2 is 2.05 bits per heavy atom. The quantitative estimate of drug-likeness (QED) is 0.417. The summed E-state index contributed by atoms with van der Waals surface area (Å²) < 4.78 is 14.4. The van der Waals surface area contributed by atoms with Gasteiger partial charge in [0.05, 0.1) is 4.92 Å². The monoisotopic (exact) mass is 450 g/mol. The molecule has 0 radical (unpaired) electrons. The van der Waals surface area contributed by atoms with Crippen molar-refractivity contribution in [2.75, 3.05) is 5.32 Å². The van der Waals surface area contributed by atoms with Gasteiger partial charge in [0.1, 0.15) is 5.82 Å². The lowest BCUT2D eigenvalue weighted by atomic mass is 10.2. The van der Waals surface area contributed by atoms with Crippen LogP contribution in [-0.4, -0.2) is 4.92 Å². The van der Waals surface area contributed by atoms with Crippen molar-refractivity contribution in [1.82, 2.24) is 0 Å². The first kappa shape index (κ1) is 15.2. The molecule has 7 heteroatoms. The second-order valence-electron chi connectivity index (χ2n) is 4.01. The van der Waals surface area contributed by atoms with Gasteiger partial charge < -0.3 is 5.32 Å². The molecule has 0 aliphatic carbocycles. The molecule has 20 heavy (non-hydrogen) atoms. The van der Waals surface area contributed by atoms with E-state index in [-0.39, 0.29) is 11.5 Å². The summed E-state index contributed by atoms with van der Waals surface area (Å²) in [6, 6.07) is 9.26. The van der Waals surface area contributed by atoms with Gasteiger partial charge in [-0.05, 0) is 52.9 Å². The van der Waals surface area contributed by atoms with Gasteiger partial charge in [-0.1, -0.05) is 15.9 Å². The van der Waals surface area contributed by atoms with Gasteiger partial charge in [0, 0.05) is 31.9 Å². The molecule has 0 saturated heterocycles. The average Bonchev–Trinajstić information content (AvgIpc) is 2.38. The Bertz CT molecular complexity index is 667. The van der Waals surface area contributed by atoms with Gasteiger partial charge in [0.2, 0.25) is 0 Å². The molecule has 0 aliphatic heterocycles. The highest BCUT2D eigenvalue weighted by molar-refractivity contribution is 14.1. The first-order valence-corrected chi connectivity index (χ1v) is 7.46. The van der Waals surface area contributed by atoms with Crippen molar-refractivity contribution < 1.29 is 9.31 Å². The summed E-state index contributed by atoms with van der Waals surface area (Å²) in [7, 11) is 0. The van der Waals surface area contributed by atoms with Crippen molar-refractivity contribution in [3.63, 3.8) is 0 Å². The Morgan fingerprint density at radius 3 is 2.70 bits per heavy atom. The van der Waals surface area contributed by atoms with Crippen molar-refractivity contribution in [1.29, 1.82) is 0 Å². The fraction of sp³-hybridized carbons (Fsp3) is 0.0769. The number of nitro groups is 1. The molecule has 0 fully saturated rings. The van der Waals surface area contributed by atoms with Crippen LogP contribution in [0.15, 0.2) is 40.9 Å². The largest absolute Gasteiger partial charge is 0.380 e. The molecular formula is C13H9BrFIN2O2. The normalized spacial score (nSPS) is 10.3. The zero-order chi connectivity index (χ0) is 14.7. The van der Waals surface area contributed by atoms with Gasteiger partial charge in [0.15, 0.2) is 0 Å². The highest BCUT2D eigenvalue weighted by Gasteiger charge is 2.14. The molecule has 2 aromatic carbocycles. The second-order valence-corrected chi connectivity index (χ2v) is 6.09. The van der Waals surface area contributed by atoms with Crippen LogP contribution in [0.25, 0.3) is 0 Å². The minimum absolute atomic E-state index is 0.0454. The SMILES string of the molecule is O=[N+]([O-])c1cc(Br)ccc1CNc1ccc(F)cc1I. The van der Waals surface area contributed by atoms with E-state index in [0.29, 0.717) is 16.6 Å². The van der Waals surface area contributed by atoms with Gasteiger partial charge in [-0.25, -0.2) is 4.39 Å². The van der Waals surface area contributed by atoms with Crippen LogP contribution in [0.2, 0.25) is 0 Å². The van der Waals surface area contributed by atoms with E-state index in [0.717, 1.165) is 9.26 Å². The Labute approximate surface area is 136 Å². The minimum atomic E-state index is -0.419. The molecule has 2 aromatic rings. The van der Waals surface area contributed by atoms with Crippen molar-refractivity contribution in [2.24, 2.45) is 0 Å². The summed E-state index contributed by atoms with van der Waals surface area (Å²) >= 11 is 5.22.